The molecule has 0 atom stereocenters. The fraction of sp³-hybridized carbons (Fsp3) is 0.292. The third-order valence-corrected chi connectivity index (χ3v) is 6.18. The van der Waals surface area contributed by atoms with Gasteiger partial charge in [-0.3, -0.25) is 0 Å². The molecule has 0 aliphatic heterocycles. The van der Waals surface area contributed by atoms with Gasteiger partial charge in [-0.05, 0) is 68.0 Å². The van der Waals surface area contributed by atoms with Crippen molar-refractivity contribution in [3.63, 3.8) is 0 Å². The molecule has 31 heavy (non-hydrogen) atoms. The van der Waals surface area contributed by atoms with Crippen LogP contribution >= 0.6 is 11.6 Å². The molecule has 0 spiro atoms. The van der Waals surface area contributed by atoms with Gasteiger partial charge in [0, 0.05) is 23.0 Å². The number of aromatic amines is 1. The Morgan fingerprint density at radius 3 is 2.55 bits per heavy atom. The molecule has 0 bridgehead atoms. The Bertz CT molecular complexity index is 1190. The summed E-state index contributed by atoms with van der Waals surface area (Å²) in [4.78, 5) is 16.3. The first-order valence-electron chi connectivity index (χ1n) is 10.5. The molecule has 2 aromatic heterocycles. The molecular weight excluding hydrogens is 415 g/mol. The lowest BCUT2D eigenvalue weighted by molar-refractivity contribution is 0.142. The summed E-state index contributed by atoms with van der Waals surface area (Å²) >= 11 is 6.18. The molecule has 5 rings (SSSR count). The standard InChI is InChI=1S/C24H22ClFN4O/c1-14-9-21-22(11-19(14)25)30-23(29-21)18-8-7-15(10-20(18)26)16-12-27-24(28-13-16)31-17-5-3-2-4-6-17/h7-13,17H,2-6H2,1H3,(H,29,30). The van der Waals surface area contributed by atoms with Gasteiger partial charge in [0.15, 0.2) is 0 Å². The Hall–Kier alpha value is -2.99. The highest BCUT2D eigenvalue weighted by molar-refractivity contribution is 6.32. The number of imidazole rings is 1. The highest BCUT2D eigenvalue weighted by Gasteiger charge is 2.17. The number of hydrogen-bond donors (Lipinski definition) is 1. The van der Waals surface area contributed by atoms with Crippen LogP contribution in [-0.4, -0.2) is 26.0 Å². The van der Waals surface area contributed by atoms with Crippen LogP contribution in [0.25, 0.3) is 33.5 Å². The van der Waals surface area contributed by atoms with Crippen LogP contribution in [0.1, 0.15) is 37.7 Å². The molecule has 1 N–H and O–H groups in total. The van der Waals surface area contributed by atoms with E-state index in [1.807, 2.05) is 19.1 Å². The fourth-order valence-corrected chi connectivity index (χ4v) is 4.17. The largest absolute Gasteiger partial charge is 0.460 e. The Morgan fingerprint density at radius 2 is 1.81 bits per heavy atom. The number of nitrogens with one attached hydrogen (secondary N) is 1. The van der Waals surface area contributed by atoms with Gasteiger partial charge in [0.2, 0.25) is 0 Å². The second-order valence-corrected chi connectivity index (χ2v) is 8.44. The number of nitrogens with zero attached hydrogens (tertiary/aromatic N) is 3. The van der Waals surface area contributed by atoms with Gasteiger partial charge in [0.05, 0.1) is 16.6 Å². The van der Waals surface area contributed by atoms with Crippen LogP contribution in [0, 0.1) is 12.7 Å². The molecule has 0 saturated heterocycles. The average molecular weight is 437 g/mol. The normalized spacial score (nSPS) is 14.8. The molecule has 5 nitrogen and oxygen atoms in total. The summed E-state index contributed by atoms with van der Waals surface area (Å²) in [7, 11) is 0. The lowest BCUT2D eigenvalue weighted by Crippen LogP contribution is -2.20. The zero-order valence-electron chi connectivity index (χ0n) is 17.2. The van der Waals surface area contributed by atoms with Crippen LogP contribution in [0.2, 0.25) is 5.02 Å². The van der Waals surface area contributed by atoms with Gasteiger partial charge in [-0.25, -0.2) is 19.3 Å². The van der Waals surface area contributed by atoms with Crippen LogP contribution in [0.3, 0.4) is 0 Å². The lowest BCUT2D eigenvalue weighted by atomic mass is 9.98. The molecule has 0 amide bonds. The number of aromatic nitrogens is 4. The van der Waals surface area contributed by atoms with Crippen LogP contribution < -0.4 is 4.74 Å². The Kier molecular flexibility index (Phi) is 5.32. The molecule has 1 fully saturated rings. The predicted molar refractivity (Wildman–Crippen MR) is 120 cm³/mol. The number of benzene rings is 2. The number of fused-ring (bicyclic) bond motifs is 1. The van der Waals surface area contributed by atoms with E-state index < -0.39 is 0 Å². The Labute approximate surface area is 184 Å². The summed E-state index contributed by atoms with van der Waals surface area (Å²) in [5.74, 6) is 0.0927. The molecule has 4 aromatic rings. The average Bonchev–Trinajstić information content (AvgIpc) is 3.17. The van der Waals surface area contributed by atoms with E-state index in [0.717, 1.165) is 29.5 Å². The van der Waals surface area contributed by atoms with Crippen molar-refractivity contribution in [2.24, 2.45) is 0 Å². The minimum atomic E-state index is -0.373. The molecular formula is C24H22ClFN4O. The maximum atomic E-state index is 14.9. The van der Waals surface area contributed by atoms with Crippen molar-refractivity contribution < 1.29 is 9.13 Å². The lowest BCUT2D eigenvalue weighted by Gasteiger charge is -2.21. The van der Waals surface area contributed by atoms with Crippen LogP contribution in [0.4, 0.5) is 4.39 Å². The summed E-state index contributed by atoms with van der Waals surface area (Å²) < 4.78 is 20.8. The summed E-state index contributed by atoms with van der Waals surface area (Å²) in [5, 5.41) is 0.636. The minimum absolute atomic E-state index is 0.193. The molecule has 2 aromatic carbocycles. The van der Waals surface area contributed by atoms with Crippen LogP contribution in [0.15, 0.2) is 42.7 Å². The van der Waals surface area contributed by atoms with Gasteiger partial charge in [-0.1, -0.05) is 24.1 Å². The van der Waals surface area contributed by atoms with E-state index in [2.05, 4.69) is 19.9 Å². The van der Waals surface area contributed by atoms with Gasteiger partial charge in [-0.15, -0.1) is 0 Å². The van der Waals surface area contributed by atoms with E-state index in [1.165, 1.54) is 25.3 Å². The highest BCUT2D eigenvalue weighted by Crippen LogP contribution is 2.30. The second kappa shape index (κ2) is 8.27. The number of H-pyrrole nitrogens is 1. The first-order chi connectivity index (χ1) is 15.1. The number of aryl methyl sites for hydroxylation is 1. The van der Waals surface area contributed by atoms with E-state index in [0.29, 0.717) is 33.5 Å². The van der Waals surface area contributed by atoms with Gasteiger partial charge in [0.1, 0.15) is 17.7 Å². The van der Waals surface area contributed by atoms with Crippen molar-refractivity contribution in [3.8, 4) is 28.5 Å². The van der Waals surface area contributed by atoms with E-state index in [-0.39, 0.29) is 11.9 Å². The smallest absolute Gasteiger partial charge is 0.316 e. The molecule has 1 aliphatic carbocycles. The third-order valence-electron chi connectivity index (χ3n) is 5.77. The fourth-order valence-electron chi connectivity index (χ4n) is 4.01. The van der Waals surface area contributed by atoms with Crippen molar-refractivity contribution in [1.82, 2.24) is 19.9 Å². The third kappa shape index (κ3) is 4.12. The van der Waals surface area contributed by atoms with Crippen molar-refractivity contribution in [2.45, 2.75) is 45.1 Å². The second-order valence-electron chi connectivity index (χ2n) is 8.03. The number of rotatable bonds is 4. The quantitative estimate of drug-likeness (QED) is 0.396. The van der Waals surface area contributed by atoms with Gasteiger partial charge in [-0.2, -0.15) is 0 Å². The molecule has 0 unspecified atom stereocenters. The molecule has 1 saturated carbocycles. The maximum absolute atomic E-state index is 14.9. The number of ether oxygens (including phenoxy) is 1. The van der Waals surface area contributed by atoms with Crippen molar-refractivity contribution >= 4 is 22.6 Å². The van der Waals surface area contributed by atoms with Gasteiger partial charge < -0.3 is 9.72 Å². The van der Waals surface area contributed by atoms with E-state index in [1.54, 1.807) is 24.5 Å². The van der Waals surface area contributed by atoms with Gasteiger partial charge in [0.25, 0.3) is 0 Å². The summed E-state index contributed by atoms with van der Waals surface area (Å²) in [6.07, 6.45) is 9.27. The van der Waals surface area contributed by atoms with Crippen molar-refractivity contribution in [2.75, 3.05) is 0 Å². The molecule has 0 radical (unpaired) electrons. The summed E-state index contributed by atoms with van der Waals surface area (Å²) in [5.41, 5.74) is 4.29. The molecule has 2 heterocycles. The van der Waals surface area contributed by atoms with Gasteiger partial charge >= 0.3 is 6.01 Å². The topological polar surface area (TPSA) is 63.7 Å². The summed E-state index contributed by atoms with van der Waals surface area (Å²) in [6, 6.07) is 9.10. The first kappa shape index (κ1) is 19.9. The maximum Gasteiger partial charge on any atom is 0.316 e. The zero-order valence-corrected chi connectivity index (χ0v) is 17.9. The number of hydrogen-bond acceptors (Lipinski definition) is 4. The van der Waals surface area contributed by atoms with Crippen LogP contribution in [-0.2, 0) is 0 Å². The summed E-state index contributed by atoms with van der Waals surface area (Å²) in [6.45, 7) is 1.92. The first-order valence-corrected chi connectivity index (χ1v) is 10.9. The monoisotopic (exact) mass is 436 g/mol. The van der Waals surface area contributed by atoms with Crippen molar-refractivity contribution in [3.05, 3.63) is 59.1 Å². The predicted octanol–water partition coefficient (Wildman–Crippen LogP) is 6.50. The highest BCUT2D eigenvalue weighted by atomic mass is 35.5. The molecule has 7 heteroatoms. The van der Waals surface area contributed by atoms with Crippen LogP contribution in [0.5, 0.6) is 6.01 Å². The van der Waals surface area contributed by atoms with E-state index in [4.69, 9.17) is 16.3 Å². The van der Waals surface area contributed by atoms with E-state index >= 15 is 0 Å². The Morgan fingerprint density at radius 1 is 1.03 bits per heavy atom. The molecule has 1 aliphatic rings. The minimum Gasteiger partial charge on any atom is -0.460 e. The van der Waals surface area contributed by atoms with E-state index in [9.17, 15) is 4.39 Å². The molecule has 158 valence electrons. The SMILES string of the molecule is Cc1cc2[nH]c(-c3ccc(-c4cnc(OC5CCCCC5)nc4)cc3F)nc2cc1Cl. The Balaban J connectivity index is 1.38. The number of halogens is 2. The zero-order chi connectivity index (χ0) is 21.4. The van der Waals surface area contributed by atoms with Crippen molar-refractivity contribution in [1.29, 1.82) is 0 Å².